The number of aliphatic hydroxyl groups is 1. The first-order chi connectivity index (χ1) is 14.9. The third-order valence-electron chi connectivity index (χ3n) is 6.98. The number of nitrogens with one attached hydrogen (secondary N) is 2. The largest absolute Gasteiger partial charge is 0.396 e. The zero-order chi connectivity index (χ0) is 22.3. The Balaban J connectivity index is 1.72. The Hall–Kier alpha value is -1.77. The Morgan fingerprint density at radius 1 is 1.29 bits per heavy atom. The lowest BCUT2D eigenvalue weighted by Crippen LogP contribution is -2.55. The van der Waals surface area contributed by atoms with Gasteiger partial charge in [0.2, 0.25) is 17.7 Å². The van der Waals surface area contributed by atoms with Crippen LogP contribution in [0, 0.1) is 17.8 Å². The van der Waals surface area contributed by atoms with Gasteiger partial charge in [-0.25, -0.2) is 0 Å². The summed E-state index contributed by atoms with van der Waals surface area (Å²) in [5.74, 6) is -1.38. The van der Waals surface area contributed by atoms with Gasteiger partial charge in [0.15, 0.2) is 0 Å². The molecule has 3 unspecified atom stereocenters. The maximum absolute atomic E-state index is 13.6. The second kappa shape index (κ2) is 8.64. The fraction of sp³-hybridized carbons (Fsp3) is 0.591. The van der Waals surface area contributed by atoms with Gasteiger partial charge in [-0.1, -0.05) is 30.7 Å². The van der Waals surface area contributed by atoms with Gasteiger partial charge in [0.05, 0.1) is 27.3 Å². The summed E-state index contributed by atoms with van der Waals surface area (Å²) in [6, 6.07) is 6.33. The monoisotopic (exact) mass is 465 g/mol. The van der Waals surface area contributed by atoms with E-state index in [9.17, 15) is 19.5 Å². The number of likely N-dealkylation sites (tertiary alicyclic amines) is 1. The van der Waals surface area contributed by atoms with E-state index in [0.29, 0.717) is 30.1 Å². The van der Waals surface area contributed by atoms with Crippen molar-refractivity contribution in [2.45, 2.75) is 42.2 Å². The lowest BCUT2D eigenvalue weighted by Gasteiger charge is -2.38. The second-order valence-corrected chi connectivity index (χ2v) is 10.6. The number of fused-ring (bicyclic) bond motifs is 1. The Labute approximate surface area is 191 Å². The van der Waals surface area contributed by atoms with Gasteiger partial charge >= 0.3 is 0 Å². The van der Waals surface area contributed by atoms with E-state index in [4.69, 9.17) is 11.6 Å². The molecule has 0 saturated carbocycles. The number of rotatable bonds is 7. The number of thioether (sulfide) groups is 1. The molecule has 6 atom stereocenters. The highest BCUT2D eigenvalue weighted by Gasteiger charge is 2.75. The predicted octanol–water partition coefficient (Wildman–Crippen LogP) is 2.13. The van der Waals surface area contributed by atoms with Crippen molar-refractivity contribution in [2.24, 2.45) is 17.8 Å². The molecule has 0 aliphatic carbocycles. The first-order valence-corrected chi connectivity index (χ1v) is 12.0. The number of halogens is 1. The molecule has 3 aliphatic heterocycles. The van der Waals surface area contributed by atoms with Crippen LogP contribution in [0.3, 0.4) is 0 Å². The molecule has 0 radical (unpaired) electrons. The Morgan fingerprint density at radius 3 is 2.71 bits per heavy atom. The molecule has 0 aromatic heterocycles. The number of carbonyl (C=O) groups is 3. The van der Waals surface area contributed by atoms with Crippen molar-refractivity contribution in [2.75, 3.05) is 25.5 Å². The first-order valence-electron chi connectivity index (χ1n) is 10.7. The number of carbonyl (C=O) groups excluding carboxylic acids is 3. The maximum Gasteiger partial charge on any atom is 0.248 e. The third-order valence-corrected chi connectivity index (χ3v) is 9.39. The van der Waals surface area contributed by atoms with Crippen molar-refractivity contribution < 1.29 is 19.5 Å². The number of nitrogens with zero attached hydrogens (tertiary/aromatic N) is 1. The van der Waals surface area contributed by atoms with E-state index >= 15 is 0 Å². The van der Waals surface area contributed by atoms with Gasteiger partial charge in [-0.15, -0.1) is 11.8 Å². The lowest BCUT2D eigenvalue weighted by atomic mass is 9.66. The molecular weight excluding hydrogens is 438 g/mol. The molecule has 3 aliphatic rings. The first kappa shape index (κ1) is 22.4. The smallest absolute Gasteiger partial charge is 0.248 e. The summed E-state index contributed by atoms with van der Waals surface area (Å²) in [6.45, 7) is 2.48. The molecule has 2 bridgehead atoms. The van der Waals surface area contributed by atoms with Crippen LogP contribution < -0.4 is 10.6 Å². The van der Waals surface area contributed by atoms with Crippen molar-refractivity contribution in [1.29, 1.82) is 0 Å². The summed E-state index contributed by atoms with van der Waals surface area (Å²) in [7, 11) is 1.59. The standard InChI is InChI=1S/C22H28ClN3O4S/c1-12-11-15-16(19(28)24-2)17-21(30)26(9-5-6-10-27)18(22(12,17)31-15)20(29)25-14-8-4-3-7-13(14)23/h3-4,7-8,12,15-18,27H,5-6,9-11H2,1-2H3,(H,24,28)(H,25,29)/t12?,15-,16+,17-,18?,22?/m0/s1. The van der Waals surface area contributed by atoms with Crippen molar-refractivity contribution >= 4 is 46.8 Å². The van der Waals surface area contributed by atoms with Gasteiger partial charge in [0, 0.05) is 25.4 Å². The topological polar surface area (TPSA) is 98.7 Å². The molecule has 3 fully saturated rings. The molecule has 1 aromatic carbocycles. The Morgan fingerprint density at radius 2 is 2.03 bits per heavy atom. The fourth-order valence-electron chi connectivity index (χ4n) is 5.68. The van der Waals surface area contributed by atoms with Crippen molar-refractivity contribution in [3.8, 4) is 0 Å². The molecule has 3 heterocycles. The Kier molecular flexibility index (Phi) is 6.25. The fourth-order valence-corrected chi connectivity index (χ4v) is 8.29. The summed E-state index contributed by atoms with van der Waals surface area (Å²) in [4.78, 5) is 41.7. The van der Waals surface area contributed by atoms with E-state index in [-0.39, 0.29) is 35.5 Å². The van der Waals surface area contributed by atoms with E-state index in [1.165, 1.54) is 0 Å². The highest BCUT2D eigenvalue weighted by atomic mass is 35.5. The van der Waals surface area contributed by atoms with Gasteiger partial charge < -0.3 is 20.6 Å². The zero-order valence-electron chi connectivity index (χ0n) is 17.6. The number of anilines is 1. The van der Waals surface area contributed by atoms with Crippen LogP contribution in [-0.2, 0) is 14.4 Å². The predicted molar refractivity (Wildman–Crippen MR) is 121 cm³/mol. The second-order valence-electron chi connectivity index (χ2n) is 8.60. The van der Waals surface area contributed by atoms with Crippen LogP contribution in [0.15, 0.2) is 24.3 Å². The molecular formula is C22H28ClN3O4S. The lowest BCUT2D eigenvalue weighted by molar-refractivity contribution is -0.139. The molecule has 168 valence electrons. The van der Waals surface area contributed by atoms with E-state index in [0.717, 1.165) is 6.42 Å². The van der Waals surface area contributed by atoms with E-state index < -0.39 is 22.6 Å². The molecule has 9 heteroatoms. The highest BCUT2D eigenvalue weighted by molar-refractivity contribution is 8.02. The summed E-state index contributed by atoms with van der Waals surface area (Å²) < 4.78 is -0.649. The maximum atomic E-state index is 13.6. The minimum Gasteiger partial charge on any atom is -0.396 e. The minimum atomic E-state index is -0.695. The highest BCUT2D eigenvalue weighted by Crippen LogP contribution is 2.68. The molecule has 3 N–H and O–H groups in total. The number of aliphatic hydroxyl groups excluding tert-OH is 1. The number of hydrogen-bond donors (Lipinski definition) is 3. The average Bonchev–Trinajstić information content (AvgIpc) is 3.33. The number of unbranched alkanes of at least 4 members (excludes halogenated alkanes) is 1. The van der Waals surface area contributed by atoms with Gasteiger partial charge in [0.25, 0.3) is 0 Å². The molecule has 3 amide bonds. The number of benzene rings is 1. The van der Waals surface area contributed by atoms with Crippen LogP contribution in [0.25, 0.3) is 0 Å². The van der Waals surface area contributed by atoms with Crippen molar-refractivity contribution in [3.05, 3.63) is 29.3 Å². The van der Waals surface area contributed by atoms with Gasteiger partial charge in [0.1, 0.15) is 6.04 Å². The quantitative estimate of drug-likeness (QED) is 0.536. The summed E-state index contributed by atoms with van der Waals surface area (Å²) in [6.07, 6.45) is 1.94. The molecule has 7 nitrogen and oxygen atoms in total. The van der Waals surface area contributed by atoms with Crippen LogP contribution in [-0.4, -0.2) is 64.0 Å². The molecule has 1 aromatic rings. The number of hydrogen-bond acceptors (Lipinski definition) is 5. The van der Waals surface area contributed by atoms with Gasteiger partial charge in [-0.3, -0.25) is 14.4 Å². The Bertz CT molecular complexity index is 899. The molecule has 4 rings (SSSR count). The van der Waals surface area contributed by atoms with Gasteiger partial charge in [-0.05, 0) is 37.3 Å². The van der Waals surface area contributed by atoms with Crippen LogP contribution in [0.4, 0.5) is 5.69 Å². The molecule has 3 saturated heterocycles. The third kappa shape index (κ3) is 3.43. The van der Waals surface area contributed by atoms with Crippen LogP contribution in [0.5, 0.6) is 0 Å². The number of amides is 3. The van der Waals surface area contributed by atoms with Crippen LogP contribution in [0.2, 0.25) is 5.02 Å². The van der Waals surface area contributed by atoms with E-state index in [2.05, 4.69) is 17.6 Å². The molecule has 1 spiro atoms. The van der Waals surface area contributed by atoms with E-state index in [1.807, 2.05) is 0 Å². The SMILES string of the molecule is CNC(=O)[C@@H]1[C@@H]2CC(C)C3(S2)C(C(=O)Nc2ccccc2Cl)N(CCCCO)C(=O)[C@H]13. The van der Waals surface area contributed by atoms with Crippen molar-refractivity contribution in [1.82, 2.24) is 10.2 Å². The van der Waals surface area contributed by atoms with Crippen molar-refractivity contribution in [3.63, 3.8) is 0 Å². The molecule has 31 heavy (non-hydrogen) atoms. The summed E-state index contributed by atoms with van der Waals surface area (Å²) in [5.41, 5.74) is 0.504. The van der Waals surface area contributed by atoms with E-state index in [1.54, 1.807) is 48.0 Å². The minimum absolute atomic E-state index is 0.0269. The summed E-state index contributed by atoms with van der Waals surface area (Å²) >= 11 is 7.90. The average molecular weight is 466 g/mol. The number of para-hydroxylation sites is 1. The van der Waals surface area contributed by atoms with Crippen LogP contribution >= 0.6 is 23.4 Å². The van der Waals surface area contributed by atoms with Crippen LogP contribution in [0.1, 0.15) is 26.2 Å². The zero-order valence-corrected chi connectivity index (χ0v) is 19.2. The van der Waals surface area contributed by atoms with Gasteiger partial charge in [-0.2, -0.15) is 0 Å². The summed E-state index contributed by atoms with van der Waals surface area (Å²) in [5, 5.41) is 15.3. The normalized spacial score (nSPS) is 33.5.